The number of rotatable bonds is 4. The van der Waals surface area contributed by atoms with Gasteiger partial charge in [-0.25, -0.2) is 8.42 Å². The summed E-state index contributed by atoms with van der Waals surface area (Å²) >= 11 is 0. The minimum Gasteiger partial charge on any atom is -0.358 e. The Bertz CT molecular complexity index is 1230. The monoisotopic (exact) mass is 363 g/mol. The number of anilines is 1. The van der Waals surface area contributed by atoms with Crippen LogP contribution in [0.3, 0.4) is 0 Å². The summed E-state index contributed by atoms with van der Waals surface area (Å²) in [6.45, 7) is 0. The second kappa shape index (κ2) is 6.06. The Kier molecular flexibility index (Phi) is 3.71. The van der Waals surface area contributed by atoms with Crippen LogP contribution in [0.4, 0.5) is 5.69 Å². The predicted octanol–water partition coefficient (Wildman–Crippen LogP) is 3.23. The number of nitriles is 1. The number of aromatic amines is 2. The fourth-order valence-electron chi connectivity index (χ4n) is 2.79. The molecule has 0 atom stereocenters. The van der Waals surface area contributed by atoms with Crippen molar-refractivity contribution in [3.05, 3.63) is 66.6 Å². The van der Waals surface area contributed by atoms with Crippen molar-refractivity contribution in [3.8, 4) is 17.2 Å². The van der Waals surface area contributed by atoms with E-state index in [1.54, 1.807) is 48.9 Å². The molecule has 3 N–H and O–H groups in total. The molecule has 2 aromatic heterocycles. The van der Waals surface area contributed by atoms with Crippen LogP contribution in [0.2, 0.25) is 0 Å². The zero-order valence-corrected chi connectivity index (χ0v) is 14.2. The molecule has 2 heterocycles. The van der Waals surface area contributed by atoms with Gasteiger partial charge in [-0.2, -0.15) is 10.4 Å². The zero-order chi connectivity index (χ0) is 18.1. The zero-order valence-electron chi connectivity index (χ0n) is 13.4. The van der Waals surface area contributed by atoms with E-state index >= 15 is 0 Å². The molecule has 0 fully saturated rings. The molecule has 0 radical (unpaired) electrons. The number of para-hydroxylation sites is 1. The number of benzene rings is 2. The van der Waals surface area contributed by atoms with Crippen molar-refractivity contribution >= 4 is 26.6 Å². The summed E-state index contributed by atoms with van der Waals surface area (Å²) in [7, 11) is -3.80. The van der Waals surface area contributed by atoms with Crippen molar-refractivity contribution in [3.63, 3.8) is 0 Å². The van der Waals surface area contributed by atoms with Crippen molar-refractivity contribution in [2.75, 3.05) is 4.72 Å². The first kappa shape index (κ1) is 15.9. The minimum atomic E-state index is -3.80. The standard InChI is InChI=1S/C18H13N5O2S/c19-8-13-9-20-18-16(13)5-2-6-17(18)23-26(24,25)15-4-1-3-12(7-15)14-10-21-22-11-14/h1-7,9-11,20,23H,(H,21,22). The summed E-state index contributed by atoms with van der Waals surface area (Å²) in [6, 6.07) is 13.8. The number of sulfonamides is 1. The molecule has 2 aromatic carbocycles. The van der Waals surface area contributed by atoms with Gasteiger partial charge in [0.15, 0.2) is 0 Å². The van der Waals surface area contributed by atoms with E-state index in [2.05, 4.69) is 26.0 Å². The average molecular weight is 363 g/mol. The molecule has 0 saturated heterocycles. The highest BCUT2D eigenvalue weighted by Crippen LogP contribution is 2.28. The molecule has 26 heavy (non-hydrogen) atoms. The van der Waals surface area contributed by atoms with Gasteiger partial charge in [-0.15, -0.1) is 0 Å². The highest BCUT2D eigenvalue weighted by molar-refractivity contribution is 7.92. The van der Waals surface area contributed by atoms with Crippen LogP contribution in [0, 0.1) is 11.3 Å². The summed E-state index contributed by atoms with van der Waals surface area (Å²) in [5, 5.41) is 16.4. The van der Waals surface area contributed by atoms with Crippen LogP contribution in [0.15, 0.2) is 66.0 Å². The molecule has 8 heteroatoms. The number of nitrogens with zero attached hydrogens (tertiary/aromatic N) is 2. The molecule has 4 aromatic rings. The van der Waals surface area contributed by atoms with Gasteiger partial charge in [0.1, 0.15) is 6.07 Å². The molecule has 0 aliphatic carbocycles. The van der Waals surface area contributed by atoms with Gasteiger partial charge in [-0.3, -0.25) is 9.82 Å². The SMILES string of the molecule is N#Cc1c[nH]c2c(NS(=O)(=O)c3cccc(-c4cn[nH]c4)c3)cccc12. The highest BCUT2D eigenvalue weighted by Gasteiger charge is 2.17. The second-order valence-electron chi connectivity index (χ2n) is 5.66. The van der Waals surface area contributed by atoms with Crippen LogP contribution >= 0.6 is 0 Å². The molecule has 0 unspecified atom stereocenters. The maximum Gasteiger partial charge on any atom is 0.261 e. The van der Waals surface area contributed by atoms with Crippen LogP contribution in [0.5, 0.6) is 0 Å². The molecule has 128 valence electrons. The third-order valence-electron chi connectivity index (χ3n) is 4.06. The fraction of sp³-hybridized carbons (Fsp3) is 0. The van der Waals surface area contributed by atoms with E-state index in [1.165, 1.54) is 6.07 Å². The van der Waals surface area contributed by atoms with Crippen molar-refractivity contribution in [2.24, 2.45) is 0 Å². The van der Waals surface area contributed by atoms with Gasteiger partial charge >= 0.3 is 0 Å². The Balaban J connectivity index is 1.74. The molecule has 0 aliphatic rings. The summed E-state index contributed by atoms with van der Waals surface area (Å²) < 4.78 is 28.3. The number of hydrogen-bond acceptors (Lipinski definition) is 4. The number of fused-ring (bicyclic) bond motifs is 1. The van der Waals surface area contributed by atoms with Gasteiger partial charge in [-0.1, -0.05) is 24.3 Å². The summed E-state index contributed by atoms with van der Waals surface area (Å²) in [5.41, 5.74) is 2.96. The van der Waals surface area contributed by atoms with E-state index in [-0.39, 0.29) is 4.90 Å². The Labute approximate surface area is 149 Å². The van der Waals surface area contributed by atoms with Crippen molar-refractivity contribution in [1.29, 1.82) is 5.26 Å². The van der Waals surface area contributed by atoms with Crippen LogP contribution in [0.25, 0.3) is 22.0 Å². The van der Waals surface area contributed by atoms with Gasteiger partial charge in [0.2, 0.25) is 0 Å². The van der Waals surface area contributed by atoms with Gasteiger partial charge in [0.25, 0.3) is 10.0 Å². The smallest absolute Gasteiger partial charge is 0.261 e. The van der Waals surface area contributed by atoms with Gasteiger partial charge in [0, 0.05) is 23.3 Å². The van der Waals surface area contributed by atoms with Crippen LogP contribution in [-0.4, -0.2) is 23.6 Å². The van der Waals surface area contributed by atoms with E-state index < -0.39 is 10.0 Å². The topological polar surface area (TPSA) is 114 Å². The number of nitrogens with one attached hydrogen (secondary N) is 3. The van der Waals surface area contributed by atoms with Crippen LogP contribution in [0.1, 0.15) is 5.56 Å². The van der Waals surface area contributed by atoms with E-state index in [1.807, 2.05) is 6.07 Å². The molecule has 0 spiro atoms. The number of aromatic nitrogens is 3. The van der Waals surface area contributed by atoms with Crippen molar-refractivity contribution in [1.82, 2.24) is 15.2 Å². The van der Waals surface area contributed by atoms with Crippen LogP contribution < -0.4 is 4.72 Å². The van der Waals surface area contributed by atoms with E-state index in [0.29, 0.717) is 22.2 Å². The molecule has 0 aliphatic heterocycles. The fourth-order valence-corrected chi connectivity index (χ4v) is 3.90. The van der Waals surface area contributed by atoms with Crippen LogP contribution in [-0.2, 0) is 10.0 Å². The lowest BCUT2D eigenvalue weighted by molar-refractivity contribution is 0.601. The second-order valence-corrected chi connectivity index (χ2v) is 7.34. The normalized spacial score (nSPS) is 11.3. The Morgan fingerprint density at radius 2 is 1.92 bits per heavy atom. The number of hydrogen-bond donors (Lipinski definition) is 3. The maximum atomic E-state index is 12.8. The number of H-pyrrole nitrogens is 2. The third kappa shape index (κ3) is 2.70. The first-order chi connectivity index (χ1) is 12.6. The Hall–Kier alpha value is -3.57. The van der Waals surface area contributed by atoms with E-state index in [4.69, 9.17) is 5.26 Å². The van der Waals surface area contributed by atoms with Gasteiger partial charge in [0.05, 0.1) is 27.9 Å². The first-order valence-corrected chi connectivity index (χ1v) is 9.19. The quantitative estimate of drug-likeness (QED) is 0.516. The Morgan fingerprint density at radius 3 is 2.69 bits per heavy atom. The van der Waals surface area contributed by atoms with Crippen molar-refractivity contribution < 1.29 is 8.42 Å². The molecule has 0 bridgehead atoms. The van der Waals surface area contributed by atoms with E-state index in [0.717, 1.165) is 11.1 Å². The molecule has 7 nitrogen and oxygen atoms in total. The highest BCUT2D eigenvalue weighted by atomic mass is 32.2. The summed E-state index contributed by atoms with van der Waals surface area (Å²) in [4.78, 5) is 3.09. The largest absolute Gasteiger partial charge is 0.358 e. The molecule has 0 saturated carbocycles. The van der Waals surface area contributed by atoms with Gasteiger partial charge in [-0.05, 0) is 23.8 Å². The van der Waals surface area contributed by atoms with Crippen molar-refractivity contribution in [2.45, 2.75) is 4.90 Å². The minimum absolute atomic E-state index is 0.139. The predicted molar refractivity (Wildman–Crippen MR) is 97.8 cm³/mol. The van der Waals surface area contributed by atoms with E-state index in [9.17, 15) is 8.42 Å². The molecule has 4 rings (SSSR count). The van der Waals surface area contributed by atoms with Gasteiger partial charge < -0.3 is 4.98 Å². The lowest BCUT2D eigenvalue weighted by atomic mass is 10.1. The maximum absolute atomic E-state index is 12.8. The lowest BCUT2D eigenvalue weighted by Crippen LogP contribution is -2.13. The Morgan fingerprint density at radius 1 is 1.08 bits per heavy atom. The lowest BCUT2D eigenvalue weighted by Gasteiger charge is -2.10. The molecule has 0 amide bonds. The molecular weight excluding hydrogens is 350 g/mol. The third-order valence-corrected chi connectivity index (χ3v) is 5.42. The first-order valence-electron chi connectivity index (χ1n) is 7.71. The summed E-state index contributed by atoms with van der Waals surface area (Å²) in [6.07, 6.45) is 4.88. The summed E-state index contributed by atoms with van der Waals surface area (Å²) in [5.74, 6) is 0. The molecular formula is C18H13N5O2S. The average Bonchev–Trinajstić information content (AvgIpc) is 3.32.